The number of unbranched alkanes of at least 4 members (excludes halogenated alkanes) is 1. The summed E-state index contributed by atoms with van der Waals surface area (Å²) in [6.07, 6.45) is 16.9. The van der Waals surface area contributed by atoms with Crippen molar-refractivity contribution in [2.45, 2.75) is 83.7 Å². The van der Waals surface area contributed by atoms with Crippen LogP contribution >= 0.6 is 0 Å². The molecule has 2 aromatic carbocycles. The number of benzene rings is 2. The van der Waals surface area contributed by atoms with E-state index in [2.05, 4.69) is 62.0 Å². The Kier molecular flexibility index (Phi) is 9.87. The van der Waals surface area contributed by atoms with Gasteiger partial charge in [-0.15, -0.1) is 0 Å². The summed E-state index contributed by atoms with van der Waals surface area (Å²) in [6, 6.07) is 18.0. The summed E-state index contributed by atoms with van der Waals surface area (Å²) in [5.41, 5.74) is 5.48. The van der Waals surface area contributed by atoms with Crippen LogP contribution in [0.5, 0.6) is 0 Å². The van der Waals surface area contributed by atoms with Crippen LogP contribution in [-0.2, 0) is 17.6 Å². The molecule has 0 spiro atoms. The largest absolute Gasteiger partial charge is 0.377 e. The molecule has 0 amide bonds. The monoisotopic (exact) mass is 418 g/mol. The number of ether oxygens (including phenoxy) is 1. The summed E-state index contributed by atoms with van der Waals surface area (Å²) < 4.78 is 5.54. The van der Waals surface area contributed by atoms with Crippen LogP contribution in [0.15, 0.2) is 55.1 Å². The fourth-order valence-corrected chi connectivity index (χ4v) is 5.20. The van der Waals surface area contributed by atoms with Crippen LogP contribution in [0.2, 0.25) is 0 Å². The zero-order valence-corrected chi connectivity index (χ0v) is 19.8. The summed E-state index contributed by atoms with van der Waals surface area (Å²) >= 11 is 0. The Balaban J connectivity index is 1.28. The van der Waals surface area contributed by atoms with Crippen LogP contribution in [0.1, 0.15) is 93.1 Å². The molecule has 1 aliphatic carbocycles. The Morgan fingerprint density at radius 3 is 2.00 bits per heavy atom. The Hall–Kier alpha value is -1.86. The van der Waals surface area contributed by atoms with Crippen molar-refractivity contribution in [1.29, 1.82) is 0 Å². The van der Waals surface area contributed by atoms with Crippen molar-refractivity contribution >= 4 is 6.08 Å². The Morgan fingerprint density at radius 1 is 0.839 bits per heavy atom. The first-order valence-corrected chi connectivity index (χ1v) is 12.5. The topological polar surface area (TPSA) is 9.23 Å². The molecule has 0 aromatic heterocycles. The van der Waals surface area contributed by atoms with Gasteiger partial charge in [0.1, 0.15) is 0 Å². The number of hydrogen-bond acceptors (Lipinski definition) is 1. The number of aryl methyl sites for hydroxylation is 2. The molecule has 1 atom stereocenters. The van der Waals surface area contributed by atoms with E-state index in [0.717, 1.165) is 18.3 Å². The maximum atomic E-state index is 5.54. The second-order valence-corrected chi connectivity index (χ2v) is 9.49. The lowest BCUT2D eigenvalue weighted by Gasteiger charge is -2.28. The van der Waals surface area contributed by atoms with Crippen LogP contribution in [-0.4, -0.2) is 7.11 Å². The van der Waals surface area contributed by atoms with Crippen LogP contribution in [0, 0.1) is 11.8 Å². The highest BCUT2D eigenvalue weighted by Gasteiger charge is 2.20. The Bertz CT molecular complexity index is 746. The van der Waals surface area contributed by atoms with Gasteiger partial charge >= 0.3 is 0 Å². The first kappa shape index (κ1) is 23.8. The zero-order valence-electron chi connectivity index (χ0n) is 19.8. The van der Waals surface area contributed by atoms with Gasteiger partial charge in [-0.1, -0.05) is 107 Å². The summed E-state index contributed by atoms with van der Waals surface area (Å²) in [5.74, 6) is 1.91. The fourth-order valence-electron chi connectivity index (χ4n) is 5.20. The van der Waals surface area contributed by atoms with Gasteiger partial charge in [-0.25, -0.2) is 0 Å². The summed E-state index contributed by atoms with van der Waals surface area (Å²) in [6.45, 7) is 6.02. The molecule has 168 valence electrons. The van der Waals surface area contributed by atoms with Crippen LogP contribution in [0.3, 0.4) is 0 Å². The highest BCUT2D eigenvalue weighted by atomic mass is 16.5. The first-order chi connectivity index (χ1) is 15.2. The van der Waals surface area contributed by atoms with Crippen LogP contribution in [0.4, 0.5) is 0 Å². The van der Waals surface area contributed by atoms with Gasteiger partial charge in [0, 0.05) is 7.11 Å². The van der Waals surface area contributed by atoms with Crippen LogP contribution in [0.25, 0.3) is 6.08 Å². The molecular weight excluding hydrogens is 376 g/mol. The molecule has 1 unspecified atom stereocenters. The maximum absolute atomic E-state index is 5.54. The molecule has 0 aliphatic heterocycles. The Morgan fingerprint density at radius 2 is 1.42 bits per heavy atom. The predicted molar refractivity (Wildman–Crippen MR) is 134 cm³/mol. The minimum Gasteiger partial charge on any atom is -0.377 e. The van der Waals surface area contributed by atoms with Crippen molar-refractivity contribution in [1.82, 2.24) is 0 Å². The zero-order chi connectivity index (χ0) is 21.9. The van der Waals surface area contributed by atoms with Crippen molar-refractivity contribution in [2.75, 3.05) is 7.11 Å². The van der Waals surface area contributed by atoms with E-state index in [4.69, 9.17) is 4.74 Å². The van der Waals surface area contributed by atoms with Gasteiger partial charge in [-0.2, -0.15) is 0 Å². The summed E-state index contributed by atoms with van der Waals surface area (Å²) in [5, 5.41) is 0. The van der Waals surface area contributed by atoms with Crippen molar-refractivity contribution < 1.29 is 4.74 Å². The lowest BCUT2D eigenvalue weighted by Crippen LogP contribution is -2.15. The smallest absolute Gasteiger partial charge is 0.0818 e. The van der Waals surface area contributed by atoms with Gasteiger partial charge in [0.05, 0.1) is 6.10 Å². The van der Waals surface area contributed by atoms with Gasteiger partial charge in [-0.3, -0.25) is 0 Å². The molecule has 1 fully saturated rings. The van der Waals surface area contributed by atoms with E-state index in [1.165, 1.54) is 86.5 Å². The van der Waals surface area contributed by atoms with E-state index in [0.29, 0.717) is 0 Å². The quantitative estimate of drug-likeness (QED) is 0.314. The average Bonchev–Trinajstić information content (AvgIpc) is 2.83. The first-order valence-electron chi connectivity index (χ1n) is 12.5. The van der Waals surface area contributed by atoms with E-state index >= 15 is 0 Å². The third-order valence-electron chi connectivity index (χ3n) is 7.36. The maximum Gasteiger partial charge on any atom is 0.0818 e. The lowest BCUT2D eigenvalue weighted by molar-refractivity contribution is 0.100. The molecule has 0 heterocycles. The van der Waals surface area contributed by atoms with Gasteiger partial charge in [0.25, 0.3) is 0 Å². The molecule has 1 nitrogen and oxygen atoms in total. The van der Waals surface area contributed by atoms with Gasteiger partial charge < -0.3 is 4.74 Å². The SMILES string of the molecule is C=Cc1ccc(CC[C@H]2CC[C@H](CCCCc3ccc(C(CC)OC)cc3)CC2)cc1. The average molecular weight is 419 g/mol. The molecule has 0 N–H and O–H groups in total. The molecule has 0 radical (unpaired) electrons. The third-order valence-corrected chi connectivity index (χ3v) is 7.36. The minimum atomic E-state index is 0.238. The molecule has 31 heavy (non-hydrogen) atoms. The highest BCUT2D eigenvalue weighted by Crippen LogP contribution is 2.34. The highest BCUT2D eigenvalue weighted by molar-refractivity contribution is 5.47. The molecule has 1 heteroatoms. The molecule has 3 rings (SSSR count). The third kappa shape index (κ3) is 7.65. The number of methoxy groups -OCH3 is 1. The standard InChI is InChI=1S/C30H42O/c1-4-24-10-12-27(13-11-24)18-19-28-16-14-25(15-17-28)8-6-7-9-26-20-22-29(23-21-26)30(5-2)31-3/h4,10-13,20-23,25,28,30H,1,5-9,14-19H2,2-3H3/t25-,28-,30?. The fraction of sp³-hybridized carbons (Fsp3) is 0.533. The second kappa shape index (κ2) is 12.9. The van der Waals surface area contributed by atoms with E-state index < -0.39 is 0 Å². The van der Waals surface area contributed by atoms with Crippen molar-refractivity contribution in [2.24, 2.45) is 11.8 Å². The van der Waals surface area contributed by atoms with Gasteiger partial charge in [0.2, 0.25) is 0 Å². The molecule has 0 bridgehead atoms. The van der Waals surface area contributed by atoms with E-state index in [1.807, 2.05) is 6.08 Å². The molecule has 2 aromatic rings. The molecule has 1 saturated carbocycles. The predicted octanol–water partition coefficient (Wildman–Crippen LogP) is 8.58. The normalized spacial score (nSPS) is 19.8. The summed E-state index contributed by atoms with van der Waals surface area (Å²) in [7, 11) is 1.80. The van der Waals surface area contributed by atoms with E-state index in [-0.39, 0.29) is 6.10 Å². The van der Waals surface area contributed by atoms with Gasteiger partial charge in [-0.05, 0) is 66.2 Å². The van der Waals surface area contributed by atoms with Gasteiger partial charge in [0.15, 0.2) is 0 Å². The van der Waals surface area contributed by atoms with Crippen molar-refractivity contribution in [3.05, 3.63) is 77.4 Å². The van der Waals surface area contributed by atoms with E-state index in [1.54, 1.807) is 7.11 Å². The van der Waals surface area contributed by atoms with Crippen molar-refractivity contribution in [3.8, 4) is 0 Å². The molecular formula is C30H42O. The van der Waals surface area contributed by atoms with E-state index in [9.17, 15) is 0 Å². The summed E-state index contributed by atoms with van der Waals surface area (Å²) in [4.78, 5) is 0. The number of hydrogen-bond donors (Lipinski definition) is 0. The lowest BCUT2D eigenvalue weighted by atomic mass is 9.77. The number of rotatable bonds is 12. The molecule has 0 saturated heterocycles. The second-order valence-electron chi connectivity index (χ2n) is 9.49. The minimum absolute atomic E-state index is 0.238. The Labute approximate surface area is 190 Å². The molecule has 1 aliphatic rings. The van der Waals surface area contributed by atoms with Crippen molar-refractivity contribution in [3.63, 3.8) is 0 Å². The van der Waals surface area contributed by atoms with Crippen LogP contribution < -0.4 is 0 Å².